The predicted molar refractivity (Wildman–Crippen MR) is 73.7 cm³/mol. The normalized spacial score (nSPS) is 12.6. The molecule has 1 heterocycles. The van der Waals surface area contributed by atoms with Gasteiger partial charge in [-0.1, -0.05) is 27.7 Å². The van der Waals surface area contributed by atoms with Gasteiger partial charge in [0.25, 0.3) is 0 Å². The second-order valence-electron chi connectivity index (χ2n) is 5.44. The fourth-order valence-corrected chi connectivity index (χ4v) is 2.30. The molecule has 0 amide bonds. The molecule has 1 aromatic heterocycles. The summed E-state index contributed by atoms with van der Waals surface area (Å²) in [5.41, 5.74) is -1.04. The number of halogens is 4. The molecule has 1 aromatic rings. The monoisotopic (exact) mass is 309 g/mol. The van der Waals surface area contributed by atoms with Crippen molar-refractivity contribution in [3.05, 3.63) is 17.0 Å². The average molecular weight is 310 g/mol. The maximum Gasteiger partial charge on any atom is 0.433 e. The Labute approximate surface area is 122 Å². The zero-order valence-corrected chi connectivity index (χ0v) is 12.7. The van der Waals surface area contributed by atoms with E-state index in [0.717, 1.165) is 6.07 Å². The lowest BCUT2D eigenvalue weighted by Crippen LogP contribution is -2.25. The molecule has 0 aliphatic carbocycles. The van der Waals surface area contributed by atoms with Gasteiger partial charge in [-0.05, 0) is 29.4 Å². The molecule has 0 saturated carbocycles. The Morgan fingerprint density at radius 2 is 1.70 bits per heavy atom. The maximum absolute atomic E-state index is 12.6. The highest BCUT2D eigenvalue weighted by Gasteiger charge is 2.33. The molecular formula is C13H19ClF3N3. The van der Waals surface area contributed by atoms with E-state index in [1.54, 1.807) is 0 Å². The topological polar surface area (TPSA) is 37.8 Å². The highest BCUT2D eigenvalue weighted by molar-refractivity contribution is 6.28. The van der Waals surface area contributed by atoms with Gasteiger partial charge in [0.15, 0.2) is 5.69 Å². The second kappa shape index (κ2) is 6.61. The van der Waals surface area contributed by atoms with Crippen molar-refractivity contribution in [2.24, 2.45) is 17.8 Å². The first-order valence-corrected chi connectivity index (χ1v) is 6.84. The van der Waals surface area contributed by atoms with Crippen LogP contribution in [0, 0.1) is 17.8 Å². The Balaban J connectivity index is 2.85. The average Bonchev–Trinajstić information content (AvgIpc) is 2.26. The van der Waals surface area contributed by atoms with Crippen molar-refractivity contribution in [2.75, 3.05) is 11.9 Å². The lowest BCUT2D eigenvalue weighted by Gasteiger charge is -2.25. The van der Waals surface area contributed by atoms with Crippen molar-refractivity contribution in [2.45, 2.75) is 33.9 Å². The molecule has 114 valence electrons. The number of nitrogens with zero attached hydrogens (tertiary/aromatic N) is 2. The second-order valence-corrected chi connectivity index (χ2v) is 5.78. The van der Waals surface area contributed by atoms with Crippen molar-refractivity contribution >= 4 is 17.4 Å². The Kier molecular flexibility index (Phi) is 5.62. The number of rotatable bonds is 5. The minimum Gasteiger partial charge on any atom is -0.370 e. The van der Waals surface area contributed by atoms with E-state index in [1.165, 1.54) is 0 Å². The molecule has 1 N–H and O–H groups in total. The molecule has 0 fully saturated rings. The van der Waals surface area contributed by atoms with Crippen molar-refractivity contribution < 1.29 is 13.2 Å². The summed E-state index contributed by atoms with van der Waals surface area (Å²) in [7, 11) is 0. The van der Waals surface area contributed by atoms with Crippen LogP contribution in [0.5, 0.6) is 0 Å². The van der Waals surface area contributed by atoms with Crippen LogP contribution in [0.4, 0.5) is 19.0 Å². The molecule has 0 spiro atoms. The Morgan fingerprint density at radius 1 is 1.15 bits per heavy atom. The quantitative estimate of drug-likeness (QED) is 0.814. The molecule has 1 rings (SSSR count). The van der Waals surface area contributed by atoms with Gasteiger partial charge in [0.1, 0.15) is 5.82 Å². The van der Waals surface area contributed by atoms with Gasteiger partial charge in [-0.3, -0.25) is 0 Å². The molecule has 0 bridgehead atoms. The van der Waals surface area contributed by atoms with Gasteiger partial charge in [-0.2, -0.15) is 13.2 Å². The van der Waals surface area contributed by atoms with Crippen LogP contribution in [0.1, 0.15) is 33.4 Å². The lowest BCUT2D eigenvalue weighted by molar-refractivity contribution is -0.141. The van der Waals surface area contributed by atoms with Crippen LogP contribution in [0.15, 0.2) is 6.07 Å². The number of anilines is 1. The first-order chi connectivity index (χ1) is 9.11. The van der Waals surface area contributed by atoms with E-state index in [-0.39, 0.29) is 5.82 Å². The fraction of sp³-hybridized carbons (Fsp3) is 0.692. The van der Waals surface area contributed by atoms with Crippen molar-refractivity contribution in [1.29, 1.82) is 0 Å². The number of alkyl halides is 3. The molecule has 7 heteroatoms. The summed E-state index contributed by atoms with van der Waals surface area (Å²) in [4.78, 5) is 6.97. The number of hydrogen-bond donors (Lipinski definition) is 1. The lowest BCUT2D eigenvalue weighted by atomic mass is 9.85. The molecule has 3 nitrogen and oxygen atoms in total. The van der Waals surface area contributed by atoms with Gasteiger partial charge < -0.3 is 5.32 Å². The molecule has 0 aliphatic rings. The van der Waals surface area contributed by atoms with Crippen molar-refractivity contribution in [3.63, 3.8) is 0 Å². The van der Waals surface area contributed by atoms with E-state index in [0.29, 0.717) is 24.3 Å². The van der Waals surface area contributed by atoms with Crippen LogP contribution in [0.2, 0.25) is 5.28 Å². The molecule has 0 radical (unpaired) electrons. The molecule has 0 saturated heterocycles. The highest BCUT2D eigenvalue weighted by atomic mass is 35.5. The van der Waals surface area contributed by atoms with E-state index in [1.807, 2.05) is 0 Å². The summed E-state index contributed by atoms with van der Waals surface area (Å²) in [6, 6.07) is 0.879. The highest BCUT2D eigenvalue weighted by Crippen LogP contribution is 2.30. The number of nitrogens with one attached hydrogen (secondary N) is 1. The van der Waals surface area contributed by atoms with Crippen LogP contribution >= 0.6 is 11.6 Å². The third-order valence-electron chi connectivity index (χ3n) is 3.22. The summed E-state index contributed by atoms with van der Waals surface area (Å²) in [5, 5.41) is 2.52. The maximum atomic E-state index is 12.6. The summed E-state index contributed by atoms with van der Waals surface area (Å²) in [5.74, 6) is 1.27. The van der Waals surface area contributed by atoms with Gasteiger partial charge in [0, 0.05) is 12.6 Å². The van der Waals surface area contributed by atoms with Crippen molar-refractivity contribution in [3.8, 4) is 0 Å². The summed E-state index contributed by atoms with van der Waals surface area (Å²) in [6.07, 6.45) is -4.53. The summed E-state index contributed by atoms with van der Waals surface area (Å²) < 4.78 is 37.9. The van der Waals surface area contributed by atoms with Crippen LogP contribution in [-0.2, 0) is 6.18 Å². The van der Waals surface area contributed by atoms with E-state index < -0.39 is 17.2 Å². The van der Waals surface area contributed by atoms with Crippen LogP contribution in [0.3, 0.4) is 0 Å². The van der Waals surface area contributed by atoms with E-state index >= 15 is 0 Å². The van der Waals surface area contributed by atoms with Crippen LogP contribution in [-0.4, -0.2) is 16.5 Å². The fourth-order valence-electron chi connectivity index (χ4n) is 2.12. The van der Waals surface area contributed by atoms with Gasteiger partial charge >= 0.3 is 6.18 Å². The molecular weight excluding hydrogens is 291 g/mol. The van der Waals surface area contributed by atoms with E-state index in [9.17, 15) is 13.2 Å². The minimum atomic E-state index is -4.53. The zero-order chi connectivity index (χ0) is 15.5. The van der Waals surface area contributed by atoms with Gasteiger partial charge in [-0.15, -0.1) is 0 Å². The third-order valence-corrected chi connectivity index (χ3v) is 3.39. The van der Waals surface area contributed by atoms with Crippen LogP contribution in [0.25, 0.3) is 0 Å². The SMILES string of the molecule is CC(C)C(CNc1cc(C(F)(F)F)nc(Cl)n1)C(C)C. The summed E-state index contributed by atoms with van der Waals surface area (Å²) >= 11 is 5.53. The Hall–Kier alpha value is -1.04. The Bertz CT molecular complexity index is 439. The van der Waals surface area contributed by atoms with E-state index in [4.69, 9.17) is 11.6 Å². The van der Waals surface area contributed by atoms with Crippen molar-refractivity contribution in [1.82, 2.24) is 9.97 Å². The zero-order valence-electron chi connectivity index (χ0n) is 11.9. The molecule has 0 aromatic carbocycles. The molecule has 0 aliphatic heterocycles. The van der Waals surface area contributed by atoms with E-state index in [2.05, 4.69) is 43.0 Å². The smallest absolute Gasteiger partial charge is 0.370 e. The minimum absolute atomic E-state index is 0.101. The number of hydrogen-bond acceptors (Lipinski definition) is 3. The number of aromatic nitrogens is 2. The molecule has 0 unspecified atom stereocenters. The van der Waals surface area contributed by atoms with Gasteiger partial charge in [0.05, 0.1) is 0 Å². The molecule has 0 atom stereocenters. The first kappa shape index (κ1) is 17.0. The molecule has 20 heavy (non-hydrogen) atoms. The summed E-state index contributed by atoms with van der Waals surface area (Å²) in [6.45, 7) is 8.88. The standard InChI is InChI=1S/C13H19ClF3N3/c1-7(2)9(8(3)4)6-18-11-5-10(13(15,16)17)19-12(14)20-11/h5,7-9H,6H2,1-4H3,(H,18,19,20). The third kappa shape index (κ3) is 4.81. The van der Waals surface area contributed by atoms with Crippen LogP contribution < -0.4 is 5.32 Å². The first-order valence-electron chi connectivity index (χ1n) is 6.47. The van der Waals surface area contributed by atoms with Gasteiger partial charge in [0.2, 0.25) is 5.28 Å². The largest absolute Gasteiger partial charge is 0.433 e. The predicted octanol–water partition coefficient (Wildman–Crippen LogP) is 4.49. The van der Waals surface area contributed by atoms with Gasteiger partial charge in [-0.25, -0.2) is 9.97 Å². The Morgan fingerprint density at radius 3 is 2.15 bits per heavy atom.